The van der Waals surface area contributed by atoms with E-state index in [2.05, 4.69) is 63.5 Å². The second-order valence-electron chi connectivity index (χ2n) is 10.9. The number of nitrogens with one attached hydrogen (secondary N) is 2. The van der Waals surface area contributed by atoms with Gasteiger partial charge >= 0.3 is 0 Å². The first-order valence-electron chi connectivity index (χ1n) is 14.0. The average molecular weight is 492 g/mol. The Morgan fingerprint density at radius 1 is 0.917 bits per heavy atom. The zero-order chi connectivity index (χ0) is 25.2. The summed E-state index contributed by atoms with van der Waals surface area (Å²) in [6, 6.07) is 15.2. The Labute approximate surface area is 217 Å². The minimum absolute atomic E-state index is 0.0390. The van der Waals surface area contributed by atoms with Gasteiger partial charge in [0.05, 0.1) is 11.7 Å². The highest BCUT2D eigenvalue weighted by molar-refractivity contribution is 5.82. The lowest BCUT2D eigenvalue weighted by Gasteiger charge is -2.33. The minimum atomic E-state index is -0.248. The summed E-state index contributed by atoms with van der Waals surface area (Å²) in [6.45, 7) is 11.1. The van der Waals surface area contributed by atoms with Crippen molar-refractivity contribution in [1.29, 1.82) is 0 Å². The molecule has 1 aliphatic heterocycles. The van der Waals surface area contributed by atoms with E-state index in [0.29, 0.717) is 13.1 Å². The molecule has 1 saturated carbocycles. The van der Waals surface area contributed by atoms with Crippen LogP contribution in [-0.4, -0.2) is 59.0 Å². The molecule has 1 aromatic carbocycles. The van der Waals surface area contributed by atoms with Crippen LogP contribution in [0.2, 0.25) is 0 Å². The highest BCUT2D eigenvalue weighted by Gasteiger charge is 2.24. The maximum absolute atomic E-state index is 12.9. The molecule has 0 spiro atoms. The molecule has 6 nitrogen and oxygen atoms in total. The topological polar surface area (TPSA) is 60.5 Å². The predicted molar refractivity (Wildman–Crippen MR) is 146 cm³/mol. The van der Waals surface area contributed by atoms with Gasteiger partial charge in [0.25, 0.3) is 0 Å². The van der Waals surface area contributed by atoms with Crippen LogP contribution in [-0.2, 0) is 24.4 Å². The fourth-order valence-electron chi connectivity index (χ4n) is 5.63. The van der Waals surface area contributed by atoms with Gasteiger partial charge in [-0.25, -0.2) is 0 Å². The molecular formula is C30H45N5O. The second-order valence-corrected chi connectivity index (χ2v) is 10.9. The van der Waals surface area contributed by atoms with Crippen molar-refractivity contribution in [3.05, 3.63) is 65.5 Å². The molecule has 36 heavy (non-hydrogen) atoms. The molecule has 0 unspecified atom stereocenters. The molecule has 1 saturated heterocycles. The Hall–Kier alpha value is -2.28. The van der Waals surface area contributed by atoms with E-state index in [9.17, 15) is 4.79 Å². The Morgan fingerprint density at radius 2 is 1.69 bits per heavy atom. The molecule has 0 radical (unpaired) electrons. The first kappa shape index (κ1) is 26.8. The van der Waals surface area contributed by atoms with E-state index >= 15 is 0 Å². The molecule has 2 aromatic rings. The van der Waals surface area contributed by atoms with Crippen molar-refractivity contribution >= 4 is 5.91 Å². The lowest BCUT2D eigenvalue weighted by molar-refractivity contribution is -0.124. The molecule has 1 aromatic heterocycles. The molecule has 1 aliphatic carbocycles. The molecule has 1 amide bonds. The van der Waals surface area contributed by atoms with Crippen molar-refractivity contribution in [2.24, 2.45) is 5.92 Å². The second kappa shape index (κ2) is 13.9. The predicted octanol–water partition coefficient (Wildman–Crippen LogP) is 4.35. The van der Waals surface area contributed by atoms with Crippen molar-refractivity contribution in [2.45, 2.75) is 84.1 Å². The summed E-state index contributed by atoms with van der Waals surface area (Å²) in [6.07, 6.45) is 10.1. The van der Waals surface area contributed by atoms with Gasteiger partial charge in [-0.2, -0.15) is 0 Å². The number of rotatable bonds is 10. The fraction of sp³-hybridized carbons (Fsp3) is 0.600. The van der Waals surface area contributed by atoms with E-state index in [1.54, 1.807) is 6.20 Å². The summed E-state index contributed by atoms with van der Waals surface area (Å²) in [5.41, 5.74) is 3.43. The van der Waals surface area contributed by atoms with Crippen molar-refractivity contribution in [1.82, 2.24) is 25.4 Å². The molecule has 4 rings (SSSR count). The molecule has 2 heterocycles. The maximum atomic E-state index is 12.9. The fourth-order valence-corrected chi connectivity index (χ4v) is 5.63. The Bertz CT molecular complexity index is 911. The standard InChI is InChI=1S/C30H45N5O/c1-24(2)29(32-22-27-9-6-7-16-31-27)30(36)33-21-25-12-14-26(15-13-25)23-34-17-8-18-35(20-19-34)28-10-4-3-5-11-28/h6-7,9,12-16,24,28-29,32H,3-5,8,10-11,17-23H2,1-2H3,(H,33,36)/t29-/m0/s1. The van der Waals surface area contributed by atoms with Gasteiger partial charge in [-0.3, -0.25) is 24.9 Å². The number of benzene rings is 1. The molecular weight excluding hydrogens is 446 g/mol. The van der Waals surface area contributed by atoms with Crippen LogP contribution in [0, 0.1) is 5.92 Å². The van der Waals surface area contributed by atoms with E-state index in [1.165, 1.54) is 63.7 Å². The van der Waals surface area contributed by atoms with Gasteiger partial charge in [0.15, 0.2) is 0 Å². The monoisotopic (exact) mass is 491 g/mol. The molecule has 1 atom stereocenters. The summed E-state index contributed by atoms with van der Waals surface area (Å²) in [5.74, 6) is 0.232. The third kappa shape index (κ3) is 8.12. The number of carbonyl (C=O) groups excluding carboxylic acids is 1. The van der Waals surface area contributed by atoms with Crippen LogP contribution in [0.25, 0.3) is 0 Å². The lowest BCUT2D eigenvalue weighted by Crippen LogP contribution is -2.47. The summed E-state index contributed by atoms with van der Waals surface area (Å²) in [4.78, 5) is 22.6. The van der Waals surface area contributed by atoms with E-state index < -0.39 is 0 Å². The maximum Gasteiger partial charge on any atom is 0.237 e. The van der Waals surface area contributed by atoms with E-state index in [1.807, 2.05) is 18.2 Å². The van der Waals surface area contributed by atoms with Gasteiger partial charge in [-0.1, -0.05) is 63.4 Å². The SMILES string of the molecule is CC(C)[C@H](NCc1ccccn1)C(=O)NCc1ccc(CN2CCCN(C3CCCCC3)CC2)cc1. The summed E-state index contributed by atoms with van der Waals surface area (Å²) < 4.78 is 0. The minimum Gasteiger partial charge on any atom is -0.351 e. The number of hydrogen-bond donors (Lipinski definition) is 2. The first-order chi connectivity index (χ1) is 17.6. The van der Waals surface area contributed by atoms with E-state index in [-0.39, 0.29) is 17.9 Å². The van der Waals surface area contributed by atoms with Crippen LogP contribution < -0.4 is 10.6 Å². The summed E-state index contributed by atoms with van der Waals surface area (Å²) in [7, 11) is 0. The highest BCUT2D eigenvalue weighted by atomic mass is 16.2. The Morgan fingerprint density at radius 3 is 2.42 bits per heavy atom. The van der Waals surface area contributed by atoms with Crippen molar-refractivity contribution in [2.75, 3.05) is 26.2 Å². The van der Waals surface area contributed by atoms with Gasteiger partial charge in [0, 0.05) is 45.0 Å². The van der Waals surface area contributed by atoms with Crippen molar-refractivity contribution in [3.63, 3.8) is 0 Å². The average Bonchev–Trinajstić information content (AvgIpc) is 3.15. The zero-order valence-corrected chi connectivity index (χ0v) is 22.3. The van der Waals surface area contributed by atoms with Gasteiger partial charge in [-0.05, 0) is 61.5 Å². The number of hydrogen-bond acceptors (Lipinski definition) is 5. The summed E-state index contributed by atoms with van der Waals surface area (Å²) in [5, 5.41) is 6.50. The lowest BCUT2D eigenvalue weighted by atomic mass is 9.94. The van der Waals surface area contributed by atoms with Crippen LogP contribution in [0.5, 0.6) is 0 Å². The van der Waals surface area contributed by atoms with E-state index in [4.69, 9.17) is 0 Å². The third-order valence-corrected chi connectivity index (χ3v) is 7.79. The molecule has 2 fully saturated rings. The number of amides is 1. The first-order valence-corrected chi connectivity index (χ1v) is 14.0. The molecule has 0 bridgehead atoms. The number of pyridine rings is 1. The normalized spacial score (nSPS) is 19.2. The molecule has 2 N–H and O–H groups in total. The largest absolute Gasteiger partial charge is 0.351 e. The van der Waals surface area contributed by atoms with Gasteiger partial charge in [0.1, 0.15) is 0 Å². The van der Waals surface area contributed by atoms with Crippen molar-refractivity contribution in [3.8, 4) is 0 Å². The molecule has 196 valence electrons. The van der Waals surface area contributed by atoms with E-state index in [0.717, 1.165) is 30.4 Å². The third-order valence-electron chi connectivity index (χ3n) is 7.79. The smallest absolute Gasteiger partial charge is 0.237 e. The highest BCUT2D eigenvalue weighted by Crippen LogP contribution is 2.24. The van der Waals surface area contributed by atoms with Gasteiger partial charge < -0.3 is 5.32 Å². The number of aromatic nitrogens is 1. The number of nitrogens with zero attached hydrogens (tertiary/aromatic N) is 3. The molecule has 6 heteroatoms. The summed E-state index contributed by atoms with van der Waals surface area (Å²) >= 11 is 0. The van der Waals surface area contributed by atoms with Gasteiger partial charge in [-0.15, -0.1) is 0 Å². The van der Waals surface area contributed by atoms with Crippen LogP contribution in [0.15, 0.2) is 48.7 Å². The Kier molecular flexibility index (Phi) is 10.3. The molecule has 2 aliphatic rings. The zero-order valence-electron chi connectivity index (χ0n) is 22.3. The van der Waals surface area contributed by atoms with Crippen LogP contribution in [0.3, 0.4) is 0 Å². The van der Waals surface area contributed by atoms with Crippen LogP contribution in [0.4, 0.5) is 0 Å². The van der Waals surface area contributed by atoms with Gasteiger partial charge in [0.2, 0.25) is 5.91 Å². The quantitative estimate of drug-likeness (QED) is 0.517. The number of carbonyl (C=O) groups is 1. The van der Waals surface area contributed by atoms with Crippen LogP contribution in [0.1, 0.15) is 69.2 Å². The van der Waals surface area contributed by atoms with Crippen molar-refractivity contribution < 1.29 is 4.79 Å². The van der Waals surface area contributed by atoms with Crippen LogP contribution >= 0.6 is 0 Å². The Balaban J connectivity index is 1.21.